The smallest absolute Gasteiger partial charge is 0.0656 e. The number of allylic oxidation sites excluding steroid dienone is 1. The summed E-state index contributed by atoms with van der Waals surface area (Å²) >= 11 is 4.18. The number of fused-ring (bicyclic) bond motifs is 14. The maximum absolute atomic E-state index is 4.18. The van der Waals surface area contributed by atoms with Crippen molar-refractivity contribution in [2.45, 2.75) is 12.8 Å². The highest BCUT2D eigenvalue weighted by atomic mass is 79.9. The lowest BCUT2D eigenvalue weighted by Gasteiger charge is -2.17. The molecule has 6 aromatic carbocycles. The van der Waals surface area contributed by atoms with Crippen LogP contribution in [0.3, 0.4) is 0 Å². The third-order valence-corrected chi connectivity index (χ3v) is 11.2. The number of nitrogens with one attached hydrogen (secondary N) is 2. The van der Waals surface area contributed by atoms with Crippen molar-refractivity contribution in [3.63, 3.8) is 0 Å². The van der Waals surface area contributed by atoms with Crippen LogP contribution in [-0.4, -0.2) is 19.1 Å². The van der Waals surface area contributed by atoms with Crippen LogP contribution in [0.15, 0.2) is 126 Å². The van der Waals surface area contributed by atoms with E-state index in [-0.39, 0.29) is 0 Å². The number of aryl methyl sites for hydroxylation is 1. The third-order valence-electron chi connectivity index (χ3n) is 10.3. The number of halogens is 1. The fourth-order valence-corrected chi connectivity index (χ4v) is 9.01. The van der Waals surface area contributed by atoms with Crippen molar-refractivity contribution in [3.05, 3.63) is 137 Å². The molecular weight excluding hydrogens is 640 g/mol. The second-order valence-electron chi connectivity index (χ2n) is 12.7. The van der Waals surface area contributed by atoms with E-state index < -0.39 is 0 Å². The third kappa shape index (κ3) is 3.31. The van der Waals surface area contributed by atoms with Crippen molar-refractivity contribution in [2.75, 3.05) is 0 Å². The van der Waals surface area contributed by atoms with Crippen LogP contribution in [-0.2, 0) is 6.42 Å². The predicted molar refractivity (Wildman–Crippen MR) is 201 cm³/mol. The lowest BCUT2D eigenvalue weighted by molar-refractivity contribution is 0.965. The summed E-state index contributed by atoms with van der Waals surface area (Å²) in [6, 6.07) is 41.9. The number of hydrogen-bond acceptors (Lipinski definition) is 0. The minimum atomic E-state index is 1.02. The van der Waals surface area contributed by atoms with Gasteiger partial charge < -0.3 is 19.1 Å². The molecule has 0 saturated heterocycles. The van der Waals surface area contributed by atoms with Gasteiger partial charge >= 0.3 is 0 Å². The van der Waals surface area contributed by atoms with Crippen LogP contribution >= 0.6 is 15.9 Å². The van der Waals surface area contributed by atoms with Crippen LogP contribution in [0.25, 0.3) is 93.8 Å². The first-order chi connectivity index (χ1) is 23.3. The van der Waals surface area contributed by atoms with Crippen molar-refractivity contribution < 1.29 is 0 Å². The lowest BCUT2D eigenvalue weighted by Crippen LogP contribution is -2.04. The fraction of sp³-hybridized carbons (Fsp3) is 0.0476. The largest absolute Gasteiger partial charge is 0.354 e. The van der Waals surface area contributed by atoms with Crippen molar-refractivity contribution in [3.8, 4) is 11.4 Å². The molecule has 0 spiro atoms. The first-order valence-corrected chi connectivity index (χ1v) is 17.0. The van der Waals surface area contributed by atoms with E-state index in [0.29, 0.717) is 0 Å². The van der Waals surface area contributed by atoms with E-state index in [1.807, 2.05) is 0 Å². The SMILES string of the molecule is Brc1c(-n2c3c(c4c5[nH]c6ccccc6c5ccc42)CCC=C3)cccc1-n1c2ccccc2c2c3[nH]c4ccccc4c3ccc21. The molecule has 2 N–H and O–H groups in total. The molecule has 4 aromatic heterocycles. The van der Waals surface area contributed by atoms with Gasteiger partial charge in [0.2, 0.25) is 0 Å². The zero-order valence-electron chi connectivity index (χ0n) is 25.3. The number of aromatic nitrogens is 4. The van der Waals surface area contributed by atoms with E-state index in [1.165, 1.54) is 82.1 Å². The van der Waals surface area contributed by atoms with E-state index >= 15 is 0 Å². The Morgan fingerprint density at radius 1 is 0.511 bits per heavy atom. The summed E-state index contributed by atoms with van der Waals surface area (Å²) in [5.41, 5.74) is 13.3. The van der Waals surface area contributed by atoms with E-state index in [0.717, 1.165) is 34.2 Å². The number of benzene rings is 6. The van der Waals surface area contributed by atoms with Crippen LogP contribution in [0, 0.1) is 0 Å². The molecule has 11 rings (SSSR count). The second-order valence-corrected chi connectivity index (χ2v) is 13.5. The zero-order valence-corrected chi connectivity index (χ0v) is 26.9. The van der Waals surface area contributed by atoms with Gasteiger partial charge in [-0.25, -0.2) is 0 Å². The van der Waals surface area contributed by atoms with E-state index in [9.17, 15) is 0 Å². The molecular formula is C42H27BrN4. The fourth-order valence-electron chi connectivity index (χ4n) is 8.39. The van der Waals surface area contributed by atoms with Gasteiger partial charge in [0, 0.05) is 54.4 Å². The van der Waals surface area contributed by atoms with E-state index in [2.05, 4.69) is 162 Å². The highest BCUT2D eigenvalue weighted by Gasteiger charge is 2.25. The molecule has 5 heteroatoms. The normalized spacial score (nSPS) is 13.4. The van der Waals surface area contributed by atoms with Crippen LogP contribution in [0.2, 0.25) is 0 Å². The molecule has 222 valence electrons. The van der Waals surface area contributed by atoms with Gasteiger partial charge in [-0.3, -0.25) is 0 Å². The summed E-state index contributed by atoms with van der Waals surface area (Å²) < 4.78 is 5.95. The van der Waals surface area contributed by atoms with Crippen molar-refractivity contribution >= 4 is 98.3 Å². The minimum absolute atomic E-state index is 1.02. The minimum Gasteiger partial charge on any atom is -0.354 e. The topological polar surface area (TPSA) is 41.4 Å². The summed E-state index contributed by atoms with van der Waals surface area (Å²) in [4.78, 5) is 7.56. The average molecular weight is 668 g/mol. The zero-order chi connectivity index (χ0) is 30.8. The molecule has 10 aromatic rings. The predicted octanol–water partition coefficient (Wildman–Crippen LogP) is 11.7. The Balaban J connectivity index is 1.22. The highest BCUT2D eigenvalue weighted by molar-refractivity contribution is 9.10. The van der Waals surface area contributed by atoms with Crippen LogP contribution in [0.1, 0.15) is 17.7 Å². The maximum atomic E-state index is 4.18. The lowest BCUT2D eigenvalue weighted by atomic mass is 9.99. The Bertz CT molecular complexity index is 2980. The van der Waals surface area contributed by atoms with Crippen LogP contribution in [0.4, 0.5) is 0 Å². The van der Waals surface area contributed by atoms with Gasteiger partial charge in [-0.15, -0.1) is 0 Å². The Labute approximate surface area is 277 Å². The van der Waals surface area contributed by atoms with Gasteiger partial charge in [0.1, 0.15) is 0 Å². The molecule has 0 aliphatic heterocycles. The highest BCUT2D eigenvalue weighted by Crippen LogP contribution is 2.44. The molecule has 0 fully saturated rings. The van der Waals surface area contributed by atoms with Gasteiger partial charge in [-0.1, -0.05) is 78.9 Å². The summed E-state index contributed by atoms with van der Waals surface area (Å²) in [5.74, 6) is 0. The van der Waals surface area contributed by atoms with Gasteiger partial charge in [-0.05, 0) is 82.9 Å². The van der Waals surface area contributed by atoms with Gasteiger partial charge in [0.25, 0.3) is 0 Å². The summed E-state index contributed by atoms with van der Waals surface area (Å²) in [6.45, 7) is 0. The monoisotopic (exact) mass is 666 g/mol. The summed E-state index contributed by atoms with van der Waals surface area (Å²) in [7, 11) is 0. The Hall–Kier alpha value is -5.52. The van der Waals surface area contributed by atoms with Gasteiger partial charge in [0.05, 0.1) is 43.4 Å². The van der Waals surface area contributed by atoms with E-state index in [1.54, 1.807) is 0 Å². The van der Waals surface area contributed by atoms with Crippen LogP contribution < -0.4 is 0 Å². The molecule has 0 radical (unpaired) electrons. The van der Waals surface area contributed by atoms with Crippen molar-refractivity contribution in [1.82, 2.24) is 19.1 Å². The molecule has 0 saturated carbocycles. The molecule has 0 unspecified atom stereocenters. The quantitative estimate of drug-likeness (QED) is 0.184. The summed E-state index contributed by atoms with van der Waals surface area (Å²) in [6.07, 6.45) is 6.71. The van der Waals surface area contributed by atoms with Gasteiger partial charge in [0.15, 0.2) is 0 Å². The van der Waals surface area contributed by atoms with Crippen molar-refractivity contribution in [1.29, 1.82) is 0 Å². The number of para-hydroxylation sites is 3. The number of rotatable bonds is 2. The van der Waals surface area contributed by atoms with Crippen molar-refractivity contribution in [2.24, 2.45) is 0 Å². The molecule has 1 aliphatic carbocycles. The molecule has 0 atom stereocenters. The average Bonchev–Trinajstić information content (AvgIpc) is 3.86. The summed E-state index contributed by atoms with van der Waals surface area (Å²) in [5, 5.41) is 8.88. The van der Waals surface area contributed by atoms with Gasteiger partial charge in [-0.2, -0.15) is 0 Å². The van der Waals surface area contributed by atoms with Crippen LogP contribution in [0.5, 0.6) is 0 Å². The molecule has 0 bridgehead atoms. The molecule has 47 heavy (non-hydrogen) atoms. The first kappa shape index (κ1) is 25.6. The number of aromatic amines is 2. The molecule has 4 heterocycles. The molecule has 1 aliphatic rings. The number of nitrogens with zero attached hydrogens (tertiary/aromatic N) is 2. The van der Waals surface area contributed by atoms with E-state index in [4.69, 9.17) is 0 Å². The number of hydrogen-bond donors (Lipinski definition) is 2. The Morgan fingerprint density at radius 2 is 1.11 bits per heavy atom. The maximum Gasteiger partial charge on any atom is 0.0656 e. The number of H-pyrrole nitrogens is 2. The Kier molecular flexibility index (Phi) is 5.06. The Morgan fingerprint density at radius 3 is 1.83 bits per heavy atom. The first-order valence-electron chi connectivity index (χ1n) is 16.2. The second kappa shape index (κ2) is 9.27. The molecule has 4 nitrogen and oxygen atoms in total. The molecule has 0 amide bonds. The standard InChI is InChI=1S/C42H27BrN4/c43-40-36(46-32-16-7-3-12-28(32)38-34(46)22-20-26-24-10-1-5-14-30(24)44-41(26)38)18-9-19-37(40)47-33-17-8-4-13-29(33)39-35(47)23-21-27-25-11-2-6-15-31(25)45-42(27)39/h1-3,5-12,14-23,44-45H,4,13H2.